The lowest BCUT2D eigenvalue weighted by atomic mass is 9.65. The van der Waals surface area contributed by atoms with Crippen molar-refractivity contribution in [2.45, 2.75) is 24.7 Å². The van der Waals surface area contributed by atoms with Gasteiger partial charge in [-0.1, -0.05) is 214 Å². The van der Waals surface area contributed by atoms with Crippen molar-refractivity contribution in [3.05, 3.63) is 270 Å². The highest BCUT2D eigenvalue weighted by atomic mass is 16.5. The van der Waals surface area contributed by atoms with Crippen molar-refractivity contribution in [2.75, 3.05) is 4.90 Å². The third-order valence-corrected chi connectivity index (χ3v) is 15.3. The summed E-state index contributed by atoms with van der Waals surface area (Å²) in [5.74, 6) is 1.86. The van der Waals surface area contributed by atoms with Gasteiger partial charge in [0.25, 0.3) is 0 Å². The molecule has 0 bridgehead atoms. The third kappa shape index (κ3) is 5.40. The minimum Gasteiger partial charge on any atom is -0.455 e. The molecule has 0 unspecified atom stereocenters. The van der Waals surface area contributed by atoms with E-state index in [1.165, 1.54) is 88.7 Å². The standard InChI is InChI=1S/C66H45NO/c1-65(2)56-27-12-10-24-53(56)55-41-49(36-39-57(55)65)67(48-21-14-20-46(40-48)42-16-4-3-5-17-42)47-34-30-45(31-35-47)50-26-15-29-59-62(50)54-25-11-13-28-58(54)66(59)60-37-32-43-18-6-8-22-51(43)63(60)68-64-52-23-9-7-19-44(52)33-38-61(64)66/h3-41H,1-2H3. The van der Waals surface area contributed by atoms with Crippen molar-refractivity contribution in [3.63, 3.8) is 0 Å². The van der Waals surface area contributed by atoms with Gasteiger partial charge in [0, 0.05) is 44.4 Å². The minimum absolute atomic E-state index is 0.0757. The first-order chi connectivity index (χ1) is 33.5. The largest absolute Gasteiger partial charge is 0.455 e. The number of hydrogen-bond acceptors (Lipinski definition) is 2. The molecular weight excluding hydrogens is 823 g/mol. The number of nitrogens with zero attached hydrogens (tertiary/aromatic N) is 1. The van der Waals surface area contributed by atoms with Crippen molar-refractivity contribution >= 4 is 38.6 Å². The Kier molecular flexibility index (Phi) is 8.28. The number of ether oxygens (including phenoxy) is 1. The molecule has 11 aromatic rings. The highest BCUT2D eigenvalue weighted by molar-refractivity contribution is 6.02. The molecule has 0 amide bonds. The van der Waals surface area contributed by atoms with Crippen LogP contribution in [0.4, 0.5) is 17.1 Å². The third-order valence-electron chi connectivity index (χ3n) is 15.3. The lowest BCUT2D eigenvalue weighted by molar-refractivity contribution is 0.447. The van der Waals surface area contributed by atoms with Crippen LogP contribution < -0.4 is 9.64 Å². The smallest absolute Gasteiger partial charge is 0.140 e. The lowest BCUT2D eigenvalue weighted by Gasteiger charge is -2.40. The molecule has 11 aromatic carbocycles. The van der Waals surface area contributed by atoms with E-state index in [4.69, 9.17) is 4.74 Å². The first-order valence-corrected chi connectivity index (χ1v) is 23.7. The summed E-state index contributed by atoms with van der Waals surface area (Å²) in [6, 6.07) is 87.4. The molecule has 0 atom stereocenters. The minimum atomic E-state index is -0.611. The van der Waals surface area contributed by atoms with E-state index in [0.29, 0.717) is 0 Å². The van der Waals surface area contributed by atoms with Crippen LogP contribution in [0, 0.1) is 0 Å². The molecule has 0 aromatic heterocycles. The van der Waals surface area contributed by atoms with Crippen molar-refractivity contribution in [1.29, 1.82) is 0 Å². The molecule has 1 spiro atoms. The number of rotatable bonds is 5. The summed E-state index contributed by atoms with van der Waals surface area (Å²) in [5.41, 5.74) is 20.2. The molecule has 320 valence electrons. The van der Waals surface area contributed by atoms with Gasteiger partial charge >= 0.3 is 0 Å². The van der Waals surface area contributed by atoms with Crippen molar-refractivity contribution in [2.24, 2.45) is 0 Å². The van der Waals surface area contributed by atoms with Gasteiger partial charge in [0.1, 0.15) is 11.5 Å². The van der Waals surface area contributed by atoms with E-state index in [1.54, 1.807) is 0 Å². The van der Waals surface area contributed by atoms with Crippen LogP contribution in [0.1, 0.15) is 47.2 Å². The second-order valence-electron chi connectivity index (χ2n) is 19.2. The highest BCUT2D eigenvalue weighted by Gasteiger charge is 2.52. The lowest BCUT2D eigenvalue weighted by Crippen LogP contribution is -2.32. The SMILES string of the molecule is CC1(C)c2ccccc2-c2cc(N(c3ccc(-c4cccc5c4-c4ccccc4C54c5ccc6ccccc6c5Oc5c4ccc4ccccc54)cc3)c3cccc(-c4ccccc4)c3)ccc21. The first-order valence-electron chi connectivity index (χ1n) is 23.7. The van der Waals surface area contributed by atoms with Gasteiger partial charge in [-0.05, 0) is 114 Å². The fraction of sp³-hybridized carbons (Fsp3) is 0.0606. The summed E-state index contributed by atoms with van der Waals surface area (Å²) in [6.45, 7) is 4.70. The second-order valence-corrected chi connectivity index (χ2v) is 19.2. The maximum absolute atomic E-state index is 7.22. The van der Waals surface area contributed by atoms with Gasteiger partial charge in [-0.3, -0.25) is 0 Å². The molecule has 3 aliphatic rings. The zero-order chi connectivity index (χ0) is 45.1. The second kappa shape index (κ2) is 14.5. The monoisotopic (exact) mass is 867 g/mol. The van der Waals surface area contributed by atoms with E-state index in [9.17, 15) is 0 Å². The molecule has 14 rings (SSSR count). The Labute approximate surface area is 397 Å². The van der Waals surface area contributed by atoms with E-state index in [0.717, 1.165) is 39.3 Å². The zero-order valence-corrected chi connectivity index (χ0v) is 37.9. The number of hydrogen-bond donors (Lipinski definition) is 0. The van der Waals surface area contributed by atoms with E-state index in [1.807, 2.05) is 0 Å². The molecule has 2 heteroatoms. The van der Waals surface area contributed by atoms with Crippen LogP contribution in [-0.4, -0.2) is 0 Å². The fourth-order valence-electron chi connectivity index (χ4n) is 12.2. The highest BCUT2D eigenvalue weighted by Crippen LogP contribution is 2.65. The Bertz CT molecular complexity index is 3780. The topological polar surface area (TPSA) is 12.5 Å². The van der Waals surface area contributed by atoms with Gasteiger partial charge in [0.05, 0.1) is 5.41 Å². The van der Waals surface area contributed by atoms with E-state index < -0.39 is 5.41 Å². The molecule has 68 heavy (non-hydrogen) atoms. The molecule has 0 saturated heterocycles. The van der Waals surface area contributed by atoms with Gasteiger partial charge in [-0.2, -0.15) is 0 Å². The van der Waals surface area contributed by atoms with Crippen LogP contribution in [0.25, 0.3) is 66.1 Å². The molecule has 2 nitrogen and oxygen atoms in total. The van der Waals surface area contributed by atoms with E-state index in [2.05, 4.69) is 255 Å². The van der Waals surface area contributed by atoms with Gasteiger partial charge < -0.3 is 9.64 Å². The molecule has 1 aliphatic heterocycles. The molecule has 1 heterocycles. The summed E-state index contributed by atoms with van der Waals surface area (Å²) < 4.78 is 7.22. The van der Waals surface area contributed by atoms with Gasteiger partial charge in [0.15, 0.2) is 0 Å². The number of anilines is 3. The van der Waals surface area contributed by atoms with Crippen LogP contribution in [0.15, 0.2) is 237 Å². The average molecular weight is 868 g/mol. The molecule has 0 saturated carbocycles. The van der Waals surface area contributed by atoms with Crippen LogP contribution in [0.5, 0.6) is 11.5 Å². The predicted molar refractivity (Wildman–Crippen MR) is 282 cm³/mol. The summed E-state index contributed by atoms with van der Waals surface area (Å²) in [6.07, 6.45) is 0. The molecule has 0 N–H and O–H groups in total. The summed E-state index contributed by atoms with van der Waals surface area (Å²) >= 11 is 0. The summed E-state index contributed by atoms with van der Waals surface area (Å²) in [4.78, 5) is 2.43. The Hall–Kier alpha value is -8.46. The Morgan fingerprint density at radius 1 is 0.324 bits per heavy atom. The number of fused-ring (bicyclic) bond motifs is 16. The summed E-state index contributed by atoms with van der Waals surface area (Å²) in [5, 5.41) is 4.58. The van der Waals surface area contributed by atoms with Gasteiger partial charge in [-0.25, -0.2) is 0 Å². The predicted octanol–water partition coefficient (Wildman–Crippen LogP) is 17.6. The van der Waals surface area contributed by atoms with Crippen LogP contribution >= 0.6 is 0 Å². The van der Waals surface area contributed by atoms with Gasteiger partial charge in [-0.15, -0.1) is 0 Å². The Balaban J connectivity index is 0.959. The zero-order valence-electron chi connectivity index (χ0n) is 37.9. The molecular formula is C66H45NO. The normalized spacial score (nSPS) is 14.1. The van der Waals surface area contributed by atoms with E-state index >= 15 is 0 Å². The van der Waals surface area contributed by atoms with Gasteiger partial charge in [0.2, 0.25) is 0 Å². The first kappa shape index (κ1) is 38.8. The average Bonchev–Trinajstić information content (AvgIpc) is 3.82. The van der Waals surface area contributed by atoms with Crippen molar-refractivity contribution < 1.29 is 4.74 Å². The quantitative estimate of drug-likeness (QED) is 0.171. The molecule has 2 aliphatic carbocycles. The summed E-state index contributed by atoms with van der Waals surface area (Å²) in [7, 11) is 0. The molecule has 0 fully saturated rings. The van der Waals surface area contributed by atoms with Crippen molar-refractivity contribution in [1.82, 2.24) is 0 Å². The van der Waals surface area contributed by atoms with Crippen molar-refractivity contribution in [3.8, 4) is 56.0 Å². The Morgan fingerprint density at radius 3 is 1.59 bits per heavy atom. The van der Waals surface area contributed by atoms with Crippen LogP contribution in [-0.2, 0) is 10.8 Å². The maximum Gasteiger partial charge on any atom is 0.140 e. The number of benzene rings is 11. The molecule has 0 radical (unpaired) electrons. The van der Waals surface area contributed by atoms with Crippen LogP contribution in [0.2, 0.25) is 0 Å². The van der Waals surface area contributed by atoms with E-state index in [-0.39, 0.29) is 5.41 Å². The maximum atomic E-state index is 7.22. The van der Waals surface area contributed by atoms with Crippen LogP contribution in [0.3, 0.4) is 0 Å². The fourth-order valence-corrected chi connectivity index (χ4v) is 12.2. The Morgan fingerprint density at radius 2 is 0.853 bits per heavy atom.